The standard InChI is InChI=1S/C9H8N4.ClH/c1-2-6-9-8(4-1)5-3-7-10-12-13-11-9;/h1-7H,(H,11,12);1H. The summed E-state index contributed by atoms with van der Waals surface area (Å²) in [5.74, 6) is 0. The van der Waals surface area contributed by atoms with Gasteiger partial charge in [-0.15, -0.1) is 17.5 Å². The van der Waals surface area contributed by atoms with E-state index in [1.54, 1.807) is 6.20 Å². The Labute approximate surface area is 87.1 Å². The van der Waals surface area contributed by atoms with E-state index in [9.17, 15) is 0 Å². The first-order valence-electron chi connectivity index (χ1n) is 3.91. The highest BCUT2D eigenvalue weighted by Crippen LogP contribution is 2.05. The first-order chi connectivity index (χ1) is 6.47. The van der Waals surface area contributed by atoms with Crippen molar-refractivity contribution in [2.75, 3.05) is 0 Å². The van der Waals surface area contributed by atoms with Gasteiger partial charge in [0.1, 0.15) is 0 Å². The molecule has 0 bridgehead atoms. The van der Waals surface area contributed by atoms with Gasteiger partial charge in [0.15, 0.2) is 0 Å². The van der Waals surface area contributed by atoms with Crippen molar-refractivity contribution in [3.05, 3.63) is 42.6 Å². The Morgan fingerprint density at radius 1 is 1.00 bits per heavy atom. The van der Waals surface area contributed by atoms with E-state index in [-0.39, 0.29) is 12.4 Å². The van der Waals surface area contributed by atoms with E-state index in [0.717, 1.165) is 10.9 Å². The van der Waals surface area contributed by atoms with Crippen LogP contribution in [0.1, 0.15) is 0 Å². The van der Waals surface area contributed by atoms with Gasteiger partial charge in [0.2, 0.25) is 0 Å². The average molecular weight is 209 g/mol. The van der Waals surface area contributed by atoms with Crippen molar-refractivity contribution in [2.24, 2.45) is 0 Å². The summed E-state index contributed by atoms with van der Waals surface area (Å²) < 4.78 is 0. The van der Waals surface area contributed by atoms with E-state index >= 15 is 0 Å². The zero-order valence-corrected chi connectivity index (χ0v) is 8.11. The van der Waals surface area contributed by atoms with Crippen molar-refractivity contribution >= 4 is 23.3 Å². The number of H-pyrrole nitrogens is 1. The summed E-state index contributed by atoms with van der Waals surface area (Å²) in [4.78, 5) is 0. The first kappa shape index (κ1) is 10.4. The summed E-state index contributed by atoms with van der Waals surface area (Å²) in [7, 11) is 0. The fraction of sp³-hybridized carbons (Fsp3) is 0. The molecule has 0 aliphatic heterocycles. The maximum Gasteiger partial charge on any atom is 0.0947 e. The maximum atomic E-state index is 3.96. The number of fused-ring (bicyclic) bond motifs is 1. The maximum absolute atomic E-state index is 3.96. The van der Waals surface area contributed by atoms with Gasteiger partial charge in [0, 0.05) is 11.6 Å². The van der Waals surface area contributed by atoms with E-state index in [4.69, 9.17) is 0 Å². The smallest absolute Gasteiger partial charge is 0.0947 e. The molecule has 0 aliphatic carbocycles. The van der Waals surface area contributed by atoms with Crippen LogP contribution in [0.4, 0.5) is 0 Å². The minimum Gasteiger partial charge on any atom is -0.179 e. The number of nitrogens with one attached hydrogen (secondary N) is 1. The Kier molecular flexibility index (Phi) is 3.82. The largest absolute Gasteiger partial charge is 0.179 e. The Bertz CT molecular complexity index is 412. The van der Waals surface area contributed by atoms with Crippen molar-refractivity contribution in [1.29, 1.82) is 0 Å². The molecule has 0 saturated carbocycles. The van der Waals surface area contributed by atoms with Gasteiger partial charge in [0.25, 0.3) is 0 Å². The Morgan fingerprint density at radius 2 is 1.79 bits per heavy atom. The zero-order chi connectivity index (χ0) is 8.93. The van der Waals surface area contributed by atoms with Gasteiger partial charge < -0.3 is 0 Å². The summed E-state index contributed by atoms with van der Waals surface area (Å²) in [6.45, 7) is 0. The second-order valence-corrected chi connectivity index (χ2v) is 2.50. The third kappa shape index (κ3) is 2.40. The highest BCUT2D eigenvalue weighted by atomic mass is 35.5. The molecule has 4 nitrogen and oxygen atoms in total. The monoisotopic (exact) mass is 208 g/mol. The molecule has 1 N–H and O–H groups in total. The highest BCUT2D eigenvalue weighted by Gasteiger charge is 1.85. The molecule has 72 valence electrons. The number of aromatic nitrogens is 4. The van der Waals surface area contributed by atoms with Gasteiger partial charge in [0.05, 0.1) is 5.52 Å². The molecular weight excluding hydrogens is 200 g/mol. The third-order valence-corrected chi connectivity index (χ3v) is 1.63. The van der Waals surface area contributed by atoms with Crippen LogP contribution in [0.2, 0.25) is 0 Å². The fourth-order valence-electron chi connectivity index (χ4n) is 1.04. The molecule has 0 atom stereocenters. The van der Waals surface area contributed by atoms with Crippen LogP contribution >= 0.6 is 12.4 Å². The predicted molar refractivity (Wildman–Crippen MR) is 56.6 cm³/mol. The van der Waals surface area contributed by atoms with Crippen molar-refractivity contribution in [3.8, 4) is 0 Å². The van der Waals surface area contributed by atoms with Gasteiger partial charge in [-0.2, -0.15) is 10.3 Å². The molecule has 0 spiro atoms. The first-order valence-corrected chi connectivity index (χ1v) is 3.91. The normalized spacial score (nSPS) is 8.86. The van der Waals surface area contributed by atoms with Crippen LogP contribution in [0.3, 0.4) is 0 Å². The summed E-state index contributed by atoms with van der Waals surface area (Å²) in [5.41, 5.74) is 0.830. The number of rotatable bonds is 0. The van der Waals surface area contributed by atoms with Gasteiger partial charge in [-0.1, -0.05) is 29.5 Å². The third-order valence-electron chi connectivity index (χ3n) is 1.63. The lowest BCUT2D eigenvalue weighted by Crippen LogP contribution is -1.81. The van der Waals surface area contributed by atoms with Gasteiger partial charge in [-0.25, -0.2) is 0 Å². The van der Waals surface area contributed by atoms with E-state index in [1.807, 2.05) is 36.4 Å². The molecule has 2 rings (SSSR count). The Hall–Kier alpha value is -1.68. The lowest BCUT2D eigenvalue weighted by molar-refractivity contribution is 0.803. The fourth-order valence-corrected chi connectivity index (χ4v) is 1.04. The Morgan fingerprint density at radius 3 is 2.71 bits per heavy atom. The molecule has 14 heavy (non-hydrogen) atoms. The predicted octanol–water partition coefficient (Wildman–Crippen LogP) is 1.90. The van der Waals surface area contributed by atoms with Crippen molar-refractivity contribution < 1.29 is 0 Å². The molecule has 5 heteroatoms. The number of aromatic amines is 1. The van der Waals surface area contributed by atoms with Crippen LogP contribution in [0.5, 0.6) is 0 Å². The lowest BCUT2D eigenvalue weighted by atomic mass is 10.2. The second kappa shape index (κ2) is 5.14. The quantitative estimate of drug-likeness (QED) is 0.720. The van der Waals surface area contributed by atoms with Crippen molar-refractivity contribution in [1.82, 2.24) is 20.6 Å². The molecule has 2 aromatic rings. The molecule has 1 aromatic heterocycles. The van der Waals surface area contributed by atoms with Crippen LogP contribution in [0.25, 0.3) is 10.9 Å². The van der Waals surface area contributed by atoms with Crippen LogP contribution in [-0.4, -0.2) is 20.6 Å². The molecule has 0 saturated heterocycles. The van der Waals surface area contributed by atoms with E-state index < -0.39 is 0 Å². The van der Waals surface area contributed by atoms with Gasteiger partial charge >= 0.3 is 0 Å². The van der Waals surface area contributed by atoms with Gasteiger partial charge in [-0.3, -0.25) is 0 Å². The van der Waals surface area contributed by atoms with Crippen LogP contribution in [-0.2, 0) is 0 Å². The molecule has 0 fully saturated rings. The van der Waals surface area contributed by atoms with Crippen molar-refractivity contribution in [3.63, 3.8) is 0 Å². The lowest BCUT2D eigenvalue weighted by Gasteiger charge is -1.86. The van der Waals surface area contributed by atoms with E-state index in [1.165, 1.54) is 0 Å². The molecule has 1 aromatic carbocycles. The summed E-state index contributed by atoms with van der Waals surface area (Å²) >= 11 is 0. The SMILES string of the molecule is Cl.c1ccc2nn[nH]ncccc2c1. The summed E-state index contributed by atoms with van der Waals surface area (Å²) in [6.07, 6.45) is 1.63. The summed E-state index contributed by atoms with van der Waals surface area (Å²) in [5, 5.41) is 14.9. The summed E-state index contributed by atoms with van der Waals surface area (Å²) in [6, 6.07) is 11.5. The van der Waals surface area contributed by atoms with Gasteiger partial charge in [-0.05, 0) is 12.1 Å². The number of nitrogens with zero attached hydrogens (tertiary/aromatic N) is 3. The van der Waals surface area contributed by atoms with Crippen molar-refractivity contribution in [2.45, 2.75) is 0 Å². The van der Waals surface area contributed by atoms with Crippen LogP contribution < -0.4 is 0 Å². The second-order valence-electron chi connectivity index (χ2n) is 2.50. The molecule has 0 aliphatic rings. The minimum atomic E-state index is 0. The molecular formula is C9H9ClN4. The highest BCUT2D eigenvalue weighted by molar-refractivity contribution is 5.85. The minimum absolute atomic E-state index is 0. The average Bonchev–Trinajstić information content (AvgIpc) is 2.28. The number of halogens is 1. The number of hydrogen-bond donors (Lipinski definition) is 1. The van der Waals surface area contributed by atoms with E-state index in [0.29, 0.717) is 0 Å². The molecule has 0 radical (unpaired) electrons. The van der Waals surface area contributed by atoms with Crippen LogP contribution in [0.15, 0.2) is 42.6 Å². The van der Waals surface area contributed by atoms with Crippen LogP contribution in [0, 0.1) is 0 Å². The molecule has 1 heterocycles. The number of benzene rings is 1. The topological polar surface area (TPSA) is 54.5 Å². The Balaban J connectivity index is 0.000000980. The zero-order valence-electron chi connectivity index (χ0n) is 7.29. The number of hydrogen-bond acceptors (Lipinski definition) is 3. The van der Waals surface area contributed by atoms with E-state index in [2.05, 4.69) is 20.6 Å². The molecule has 0 amide bonds. The molecule has 0 unspecified atom stereocenters.